The van der Waals surface area contributed by atoms with Gasteiger partial charge in [-0.3, -0.25) is 14.5 Å². The van der Waals surface area contributed by atoms with Gasteiger partial charge in [-0.25, -0.2) is 4.79 Å². The number of hydrogen-bond acceptors (Lipinski definition) is 7. The number of imide groups is 1. The number of ether oxygens (including phenoxy) is 3. The number of amides is 2. The molecular formula is C17H19NO6S. The van der Waals surface area contributed by atoms with Crippen molar-refractivity contribution in [3.05, 3.63) is 28.2 Å². The highest BCUT2D eigenvalue weighted by Gasteiger charge is 2.41. The van der Waals surface area contributed by atoms with Gasteiger partial charge < -0.3 is 14.2 Å². The number of rotatable bonds is 5. The zero-order valence-corrected chi connectivity index (χ0v) is 15.4. The number of hydrogen-bond donors (Lipinski definition) is 0. The Hall–Kier alpha value is -2.48. The van der Waals surface area contributed by atoms with Crippen LogP contribution in [0.25, 0.3) is 6.08 Å². The van der Waals surface area contributed by atoms with Crippen molar-refractivity contribution in [3.63, 3.8) is 0 Å². The second-order valence-electron chi connectivity index (χ2n) is 5.31. The average molecular weight is 365 g/mol. The van der Waals surface area contributed by atoms with Crippen LogP contribution in [0.15, 0.2) is 17.0 Å². The van der Waals surface area contributed by atoms with Gasteiger partial charge in [-0.15, -0.1) is 0 Å². The largest absolute Gasteiger partial charge is 0.493 e. The number of aryl methyl sites for hydroxylation is 1. The molecule has 1 atom stereocenters. The van der Waals surface area contributed by atoms with E-state index in [0.717, 1.165) is 22.2 Å². The molecule has 0 bridgehead atoms. The zero-order valence-electron chi connectivity index (χ0n) is 14.6. The SMILES string of the molecule is COC(=O)[C@@H](C)N1C(=O)S/C(=C/c2cc(OC)c(OC)cc2C)C1=O. The molecule has 0 spiro atoms. The van der Waals surface area contributed by atoms with Crippen molar-refractivity contribution < 1.29 is 28.6 Å². The highest BCUT2D eigenvalue weighted by atomic mass is 32.2. The second-order valence-corrected chi connectivity index (χ2v) is 6.31. The predicted molar refractivity (Wildman–Crippen MR) is 93.6 cm³/mol. The van der Waals surface area contributed by atoms with E-state index in [0.29, 0.717) is 17.1 Å². The van der Waals surface area contributed by atoms with Gasteiger partial charge in [0.25, 0.3) is 11.1 Å². The summed E-state index contributed by atoms with van der Waals surface area (Å²) in [4.78, 5) is 37.4. The van der Waals surface area contributed by atoms with Crippen LogP contribution in [0.5, 0.6) is 11.5 Å². The van der Waals surface area contributed by atoms with Gasteiger partial charge in [0.2, 0.25) is 0 Å². The van der Waals surface area contributed by atoms with E-state index in [4.69, 9.17) is 9.47 Å². The van der Waals surface area contributed by atoms with Gasteiger partial charge in [-0.1, -0.05) is 0 Å². The van der Waals surface area contributed by atoms with Gasteiger partial charge in [-0.2, -0.15) is 0 Å². The fourth-order valence-electron chi connectivity index (χ4n) is 2.38. The number of esters is 1. The number of methoxy groups -OCH3 is 3. The number of carbonyl (C=O) groups is 3. The molecule has 2 amide bonds. The monoisotopic (exact) mass is 365 g/mol. The minimum atomic E-state index is -0.977. The van der Waals surface area contributed by atoms with Crippen molar-refractivity contribution >= 4 is 35.0 Å². The zero-order chi connectivity index (χ0) is 18.7. The van der Waals surface area contributed by atoms with E-state index >= 15 is 0 Å². The van der Waals surface area contributed by atoms with Crippen LogP contribution >= 0.6 is 11.8 Å². The molecule has 1 aromatic carbocycles. The summed E-state index contributed by atoms with van der Waals surface area (Å²) < 4.78 is 15.1. The molecule has 134 valence electrons. The Kier molecular flexibility index (Phi) is 5.73. The molecule has 0 unspecified atom stereocenters. The van der Waals surface area contributed by atoms with Crippen molar-refractivity contribution in [1.82, 2.24) is 4.90 Å². The summed E-state index contributed by atoms with van der Waals surface area (Å²) in [5.74, 6) is -0.0843. The van der Waals surface area contributed by atoms with Gasteiger partial charge >= 0.3 is 5.97 Å². The molecule has 0 saturated carbocycles. The van der Waals surface area contributed by atoms with Crippen LogP contribution in [-0.4, -0.2) is 49.4 Å². The fourth-order valence-corrected chi connectivity index (χ4v) is 3.28. The lowest BCUT2D eigenvalue weighted by atomic mass is 10.1. The smallest absolute Gasteiger partial charge is 0.328 e. The van der Waals surface area contributed by atoms with E-state index in [1.165, 1.54) is 28.3 Å². The first-order valence-corrected chi connectivity index (χ1v) is 8.23. The lowest BCUT2D eigenvalue weighted by molar-refractivity contribution is -0.148. The van der Waals surface area contributed by atoms with Gasteiger partial charge in [-0.05, 0) is 54.9 Å². The van der Waals surface area contributed by atoms with Crippen LogP contribution in [0.2, 0.25) is 0 Å². The van der Waals surface area contributed by atoms with Crippen LogP contribution in [0.3, 0.4) is 0 Å². The van der Waals surface area contributed by atoms with Gasteiger partial charge in [0.15, 0.2) is 11.5 Å². The van der Waals surface area contributed by atoms with Crippen molar-refractivity contribution in [1.29, 1.82) is 0 Å². The topological polar surface area (TPSA) is 82.1 Å². The molecule has 0 N–H and O–H groups in total. The molecule has 0 radical (unpaired) electrons. The van der Waals surface area contributed by atoms with E-state index in [2.05, 4.69) is 4.74 Å². The van der Waals surface area contributed by atoms with E-state index < -0.39 is 23.2 Å². The summed E-state index contributed by atoms with van der Waals surface area (Å²) in [5, 5.41) is -0.507. The number of benzene rings is 1. The van der Waals surface area contributed by atoms with Crippen LogP contribution in [0.1, 0.15) is 18.1 Å². The van der Waals surface area contributed by atoms with Crippen molar-refractivity contribution in [3.8, 4) is 11.5 Å². The number of carbonyl (C=O) groups excluding carboxylic acids is 3. The predicted octanol–water partition coefficient (Wildman–Crippen LogP) is 2.61. The first-order chi connectivity index (χ1) is 11.8. The lowest BCUT2D eigenvalue weighted by Crippen LogP contribution is -2.42. The third-order valence-corrected chi connectivity index (χ3v) is 4.70. The Morgan fingerprint density at radius 3 is 2.32 bits per heavy atom. The summed E-state index contributed by atoms with van der Waals surface area (Å²) in [6, 6.07) is 2.53. The molecule has 2 rings (SSSR count). The van der Waals surface area contributed by atoms with Gasteiger partial charge in [0, 0.05) is 0 Å². The molecule has 0 aromatic heterocycles. The molecule has 1 saturated heterocycles. The first kappa shape index (κ1) is 18.9. The Labute approximate surface area is 149 Å². The van der Waals surface area contributed by atoms with Crippen LogP contribution in [0, 0.1) is 6.92 Å². The second kappa shape index (κ2) is 7.60. The van der Waals surface area contributed by atoms with Crippen LogP contribution < -0.4 is 9.47 Å². The molecule has 1 aliphatic rings. The molecule has 1 fully saturated rings. The van der Waals surface area contributed by atoms with Crippen LogP contribution in [-0.2, 0) is 14.3 Å². The maximum atomic E-state index is 12.5. The van der Waals surface area contributed by atoms with E-state index in [9.17, 15) is 14.4 Å². The van der Waals surface area contributed by atoms with E-state index in [-0.39, 0.29) is 4.91 Å². The number of nitrogens with zero attached hydrogens (tertiary/aromatic N) is 1. The standard InChI is InChI=1S/C17H19NO6S/c1-9-6-12(22-3)13(23-4)7-11(9)8-14-15(19)18(17(21)25-14)10(2)16(20)24-5/h6-8,10H,1-5H3/b14-8+/t10-/m1/s1. The average Bonchev–Trinajstić information content (AvgIpc) is 2.88. The maximum Gasteiger partial charge on any atom is 0.328 e. The molecule has 8 heteroatoms. The fraction of sp³-hybridized carbons (Fsp3) is 0.353. The summed E-state index contributed by atoms with van der Waals surface area (Å²) in [7, 11) is 4.26. The third kappa shape index (κ3) is 3.63. The lowest BCUT2D eigenvalue weighted by Gasteiger charge is -2.18. The highest BCUT2D eigenvalue weighted by Crippen LogP contribution is 2.36. The Balaban J connectivity index is 2.38. The summed E-state index contributed by atoms with van der Waals surface area (Å²) in [6.45, 7) is 3.31. The number of thioether (sulfide) groups is 1. The Morgan fingerprint density at radius 1 is 1.16 bits per heavy atom. The van der Waals surface area contributed by atoms with Gasteiger partial charge in [0.1, 0.15) is 6.04 Å². The van der Waals surface area contributed by atoms with Gasteiger partial charge in [0.05, 0.1) is 26.2 Å². The quantitative estimate of drug-likeness (QED) is 0.586. The van der Waals surface area contributed by atoms with Crippen molar-refractivity contribution in [2.75, 3.05) is 21.3 Å². The molecular weight excluding hydrogens is 346 g/mol. The minimum absolute atomic E-state index is 0.232. The minimum Gasteiger partial charge on any atom is -0.493 e. The van der Waals surface area contributed by atoms with E-state index in [1.807, 2.05) is 6.92 Å². The van der Waals surface area contributed by atoms with Crippen molar-refractivity contribution in [2.24, 2.45) is 0 Å². The summed E-state index contributed by atoms with van der Waals surface area (Å²) in [6.07, 6.45) is 1.60. The molecule has 7 nitrogen and oxygen atoms in total. The van der Waals surface area contributed by atoms with E-state index in [1.54, 1.807) is 18.2 Å². The molecule has 1 heterocycles. The Morgan fingerprint density at radius 2 is 1.76 bits per heavy atom. The first-order valence-electron chi connectivity index (χ1n) is 7.41. The molecule has 1 aliphatic heterocycles. The summed E-state index contributed by atoms with van der Waals surface area (Å²) in [5.41, 5.74) is 1.57. The molecule has 25 heavy (non-hydrogen) atoms. The molecule has 0 aliphatic carbocycles. The maximum absolute atomic E-state index is 12.5. The Bertz CT molecular complexity index is 758. The highest BCUT2D eigenvalue weighted by molar-refractivity contribution is 8.18. The molecule has 1 aromatic rings. The third-order valence-electron chi connectivity index (χ3n) is 3.81. The normalized spacial score (nSPS) is 17.0. The van der Waals surface area contributed by atoms with Crippen LogP contribution in [0.4, 0.5) is 4.79 Å². The summed E-state index contributed by atoms with van der Waals surface area (Å²) >= 11 is 0.784. The van der Waals surface area contributed by atoms with Crippen molar-refractivity contribution in [2.45, 2.75) is 19.9 Å².